The smallest absolute Gasteiger partial charge is 0.119 e. The lowest BCUT2D eigenvalue weighted by Gasteiger charge is -2.13. The summed E-state index contributed by atoms with van der Waals surface area (Å²) in [6, 6.07) is 9.21. The van der Waals surface area contributed by atoms with E-state index in [1.807, 2.05) is 0 Å². The summed E-state index contributed by atoms with van der Waals surface area (Å²) in [4.78, 5) is 1.30. The number of aliphatic hydroxyl groups is 1. The number of thiophene rings is 1. The second-order valence-corrected chi connectivity index (χ2v) is 6.01. The standard InChI is InChI=1S/C15H18ClNO2S/c1-11-6-7-20-15(11)9-17-8-13(18)10-19-14-4-2-12(16)3-5-14/h2-7,13,17-18H,8-10H2,1H3. The highest BCUT2D eigenvalue weighted by Gasteiger charge is 2.06. The Morgan fingerprint density at radius 1 is 1.30 bits per heavy atom. The van der Waals surface area contributed by atoms with Crippen LogP contribution in [0.4, 0.5) is 0 Å². The van der Waals surface area contributed by atoms with Gasteiger partial charge >= 0.3 is 0 Å². The van der Waals surface area contributed by atoms with Gasteiger partial charge in [0.1, 0.15) is 18.5 Å². The highest BCUT2D eigenvalue weighted by Crippen LogP contribution is 2.16. The van der Waals surface area contributed by atoms with Crippen molar-refractivity contribution in [3.63, 3.8) is 0 Å². The van der Waals surface area contributed by atoms with Crippen molar-refractivity contribution in [1.29, 1.82) is 0 Å². The van der Waals surface area contributed by atoms with Gasteiger partial charge in [0, 0.05) is 23.0 Å². The Balaban J connectivity index is 1.66. The minimum absolute atomic E-state index is 0.262. The molecule has 1 aromatic heterocycles. The van der Waals surface area contributed by atoms with Crippen LogP contribution in [-0.4, -0.2) is 24.4 Å². The summed E-state index contributed by atoms with van der Waals surface area (Å²) in [7, 11) is 0. The number of halogens is 1. The first-order valence-corrected chi connectivity index (χ1v) is 7.71. The van der Waals surface area contributed by atoms with Crippen LogP contribution in [0.2, 0.25) is 5.02 Å². The number of hydrogen-bond acceptors (Lipinski definition) is 4. The van der Waals surface area contributed by atoms with Crippen molar-refractivity contribution in [3.05, 3.63) is 51.2 Å². The lowest BCUT2D eigenvalue weighted by Crippen LogP contribution is -2.31. The van der Waals surface area contributed by atoms with Crippen LogP contribution in [-0.2, 0) is 6.54 Å². The van der Waals surface area contributed by atoms with Gasteiger partial charge in [0.05, 0.1) is 0 Å². The number of aliphatic hydroxyl groups excluding tert-OH is 1. The van der Waals surface area contributed by atoms with Gasteiger partial charge in [-0.15, -0.1) is 11.3 Å². The summed E-state index contributed by atoms with van der Waals surface area (Å²) in [6.07, 6.45) is -0.536. The highest BCUT2D eigenvalue weighted by molar-refractivity contribution is 7.10. The maximum Gasteiger partial charge on any atom is 0.119 e. The third kappa shape index (κ3) is 4.80. The molecule has 0 fully saturated rings. The predicted molar refractivity (Wildman–Crippen MR) is 83.7 cm³/mol. The zero-order valence-corrected chi connectivity index (χ0v) is 12.9. The van der Waals surface area contributed by atoms with Crippen LogP contribution in [0.5, 0.6) is 5.75 Å². The molecular formula is C15H18ClNO2S. The van der Waals surface area contributed by atoms with E-state index in [1.165, 1.54) is 10.4 Å². The molecule has 2 aromatic rings. The molecule has 2 rings (SSSR count). The number of ether oxygens (including phenoxy) is 1. The maximum atomic E-state index is 9.85. The third-order valence-electron chi connectivity index (χ3n) is 2.89. The van der Waals surface area contributed by atoms with Crippen LogP contribution in [0.25, 0.3) is 0 Å². The van der Waals surface area contributed by atoms with Gasteiger partial charge in [-0.05, 0) is 48.2 Å². The fourth-order valence-electron chi connectivity index (χ4n) is 1.72. The molecule has 0 aliphatic carbocycles. The van der Waals surface area contributed by atoms with Gasteiger partial charge in [-0.3, -0.25) is 0 Å². The van der Waals surface area contributed by atoms with Crippen molar-refractivity contribution in [2.24, 2.45) is 0 Å². The largest absolute Gasteiger partial charge is 0.491 e. The SMILES string of the molecule is Cc1ccsc1CNCC(O)COc1ccc(Cl)cc1. The highest BCUT2D eigenvalue weighted by atomic mass is 35.5. The van der Waals surface area contributed by atoms with E-state index in [1.54, 1.807) is 35.6 Å². The van der Waals surface area contributed by atoms with Crippen LogP contribution in [0.1, 0.15) is 10.4 Å². The molecule has 1 aromatic carbocycles. The quantitative estimate of drug-likeness (QED) is 0.825. The van der Waals surface area contributed by atoms with Gasteiger partial charge in [0.15, 0.2) is 0 Å². The van der Waals surface area contributed by atoms with E-state index < -0.39 is 6.10 Å². The van der Waals surface area contributed by atoms with Gasteiger partial charge in [-0.1, -0.05) is 11.6 Å². The van der Waals surface area contributed by atoms with Gasteiger partial charge in [0.25, 0.3) is 0 Å². The molecule has 5 heteroatoms. The molecule has 0 spiro atoms. The number of hydrogen-bond donors (Lipinski definition) is 2. The maximum absolute atomic E-state index is 9.85. The number of aryl methyl sites for hydroxylation is 1. The minimum Gasteiger partial charge on any atom is -0.491 e. The second kappa shape index (κ2) is 7.64. The molecule has 2 N–H and O–H groups in total. The molecule has 0 bridgehead atoms. The van der Waals surface area contributed by atoms with Crippen LogP contribution in [0.15, 0.2) is 35.7 Å². The average Bonchev–Trinajstić information content (AvgIpc) is 2.84. The molecule has 3 nitrogen and oxygen atoms in total. The summed E-state index contributed by atoms with van der Waals surface area (Å²) in [5.41, 5.74) is 1.29. The molecule has 1 unspecified atom stereocenters. The molecular weight excluding hydrogens is 294 g/mol. The fraction of sp³-hybridized carbons (Fsp3) is 0.333. The van der Waals surface area contributed by atoms with E-state index in [4.69, 9.17) is 16.3 Å². The van der Waals surface area contributed by atoms with Crippen molar-refractivity contribution in [2.45, 2.75) is 19.6 Å². The van der Waals surface area contributed by atoms with E-state index in [9.17, 15) is 5.11 Å². The summed E-state index contributed by atoms with van der Waals surface area (Å²) in [5.74, 6) is 0.711. The normalized spacial score (nSPS) is 12.3. The van der Waals surface area contributed by atoms with E-state index in [2.05, 4.69) is 23.7 Å². The Kier molecular flexibility index (Phi) is 5.86. The van der Waals surface area contributed by atoms with E-state index >= 15 is 0 Å². The Bertz CT molecular complexity index is 527. The molecule has 0 saturated heterocycles. The first-order chi connectivity index (χ1) is 9.65. The van der Waals surface area contributed by atoms with Crippen LogP contribution in [0, 0.1) is 6.92 Å². The van der Waals surface area contributed by atoms with Gasteiger partial charge in [0.2, 0.25) is 0 Å². The Hall–Kier alpha value is -1.07. The first kappa shape index (κ1) is 15.3. The molecule has 0 aliphatic rings. The zero-order valence-electron chi connectivity index (χ0n) is 11.3. The van der Waals surface area contributed by atoms with Crippen molar-refractivity contribution in [2.75, 3.05) is 13.2 Å². The van der Waals surface area contributed by atoms with Crippen LogP contribution < -0.4 is 10.1 Å². The Labute approximate surface area is 128 Å². The number of rotatable bonds is 7. The molecule has 20 heavy (non-hydrogen) atoms. The molecule has 1 atom stereocenters. The second-order valence-electron chi connectivity index (χ2n) is 4.58. The monoisotopic (exact) mass is 311 g/mol. The van der Waals surface area contributed by atoms with Crippen molar-refractivity contribution >= 4 is 22.9 Å². The molecule has 108 valence electrons. The van der Waals surface area contributed by atoms with Gasteiger partial charge in [-0.2, -0.15) is 0 Å². The third-order valence-corrected chi connectivity index (χ3v) is 4.16. The topological polar surface area (TPSA) is 41.5 Å². The minimum atomic E-state index is -0.536. The summed E-state index contributed by atoms with van der Waals surface area (Å²) >= 11 is 7.52. The number of nitrogens with one attached hydrogen (secondary N) is 1. The summed E-state index contributed by atoms with van der Waals surface area (Å²) < 4.78 is 5.49. The van der Waals surface area contributed by atoms with E-state index in [-0.39, 0.29) is 6.61 Å². The van der Waals surface area contributed by atoms with Crippen LogP contribution >= 0.6 is 22.9 Å². The van der Waals surface area contributed by atoms with Gasteiger partial charge < -0.3 is 15.2 Å². The van der Waals surface area contributed by atoms with Crippen molar-refractivity contribution < 1.29 is 9.84 Å². The van der Waals surface area contributed by atoms with E-state index in [0.717, 1.165) is 6.54 Å². The zero-order chi connectivity index (χ0) is 14.4. The van der Waals surface area contributed by atoms with Gasteiger partial charge in [-0.25, -0.2) is 0 Å². The van der Waals surface area contributed by atoms with Crippen LogP contribution in [0.3, 0.4) is 0 Å². The summed E-state index contributed by atoms with van der Waals surface area (Å²) in [5, 5.41) is 15.8. The van der Waals surface area contributed by atoms with E-state index in [0.29, 0.717) is 17.3 Å². The molecule has 0 saturated carbocycles. The Morgan fingerprint density at radius 2 is 2.05 bits per heavy atom. The average molecular weight is 312 g/mol. The first-order valence-electron chi connectivity index (χ1n) is 6.45. The number of benzene rings is 1. The molecule has 1 heterocycles. The Morgan fingerprint density at radius 3 is 2.70 bits per heavy atom. The lowest BCUT2D eigenvalue weighted by molar-refractivity contribution is 0.106. The molecule has 0 radical (unpaired) electrons. The van der Waals surface area contributed by atoms with Crippen molar-refractivity contribution in [1.82, 2.24) is 5.32 Å². The predicted octanol–water partition coefficient (Wildman–Crippen LogP) is 3.24. The molecule has 0 amide bonds. The van der Waals surface area contributed by atoms with Crippen molar-refractivity contribution in [3.8, 4) is 5.75 Å². The summed E-state index contributed by atoms with van der Waals surface area (Å²) in [6.45, 7) is 3.64. The molecule has 0 aliphatic heterocycles. The fourth-order valence-corrected chi connectivity index (χ4v) is 2.72. The lowest BCUT2D eigenvalue weighted by atomic mass is 10.3.